The van der Waals surface area contributed by atoms with Crippen LogP contribution >= 0.6 is 11.8 Å². The molecule has 1 aromatic heterocycles. The quantitative estimate of drug-likeness (QED) is 0.747. The van der Waals surface area contributed by atoms with Crippen molar-refractivity contribution in [3.05, 3.63) is 5.89 Å². The van der Waals surface area contributed by atoms with Crippen molar-refractivity contribution in [2.75, 3.05) is 5.75 Å². The molecule has 0 bridgehead atoms. The third-order valence-electron chi connectivity index (χ3n) is 2.69. The Morgan fingerprint density at radius 3 is 2.50 bits per heavy atom. The highest BCUT2D eigenvalue weighted by Crippen LogP contribution is 2.25. The van der Waals surface area contributed by atoms with Gasteiger partial charge in [-0.15, -0.1) is 10.2 Å². The third kappa shape index (κ3) is 3.79. The Labute approximate surface area is 101 Å². The van der Waals surface area contributed by atoms with Gasteiger partial charge in [0.1, 0.15) is 0 Å². The monoisotopic (exact) mass is 244 g/mol. The van der Waals surface area contributed by atoms with Crippen LogP contribution in [0.1, 0.15) is 45.9 Å². The van der Waals surface area contributed by atoms with Crippen molar-refractivity contribution < 1.29 is 9.52 Å². The molecular weight excluding hydrogens is 224 g/mol. The predicted octanol–water partition coefficient (Wildman–Crippen LogP) is 2.67. The maximum atomic E-state index is 10.1. The summed E-state index contributed by atoms with van der Waals surface area (Å²) in [5.74, 6) is 1.29. The molecule has 0 aromatic carbocycles. The van der Waals surface area contributed by atoms with E-state index < -0.39 is 5.60 Å². The highest BCUT2D eigenvalue weighted by Gasteiger charge is 2.23. The summed E-state index contributed by atoms with van der Waals surface area (Å²) in [5.41, 5.74) is -0.621. The van der Waals surface area contributed by atoms with Gasteiger partial charge in [0.05, 0.1) is 5.60 Å². The molecule has 0 aliphatic heterocycles. The van der Waals surface area contributed by atoms with E-state index in [0.717, 1.165) is 25.7 Å². The summed E-state index contributed by atoms with van der Waals surface area (Å²) >= 11 is 1.43. The van der Waals surface area contributed by atoms with Gasteiger partial charge in [-0.1, -0.05) is 32.5 Å². The van der Waals surface area contributed by atoms with Crippen molar-refractivity contribution in [1.29, 1.82) is 0 Å². The molecule has 1 aromatic rings. The lowest BCUT2D eigenvalue weighted by Gasteiger charge is -2.23. The lowest BCUT2D eigenvalue weighted by atomic mass is 10.0. The zero-order valence-corrected chi connectivity index (χ0v) is 11.0. The van der Waals surface area contributed by atoms with Gasteiger partial charge in [0, 0.05) is 12.2 Å². The highest BCUT2D eigenvalue weighted by atomic mass is 32.2. The Kier molecular flexibility index (Phi) is 5.28. The third-order valence-corrected chi connectivity index (χ3v) is 3.79. The van der Waals surface area contributed by atoms with Crippen LogP contribution in [-0.4, -0.2) is 26.7 Å². The molecule has 5 heteroatoms. The molecule has 0 aliphatic carbocycles. The maximum absolute atomic E-state index is 10.1. The molecule has 0 amide bonds. The van der Waals surface area contributed by atoms with E-state index in [4.69, 9.17) is 4.42 Å². The second kappa shape index (κ2) is 6.25. The van der Waals surface area contributed by atoms with Crippen molar-refractivity contribution >= 4 is 11.8 Å². The number of nitrogens with zero attached hydrogens (tertiary/aromatic N) is 2. The number of thioether (sulfide) groups is 1. The second-order valence-corrected chi connectivity index (χ2v) is 4.86. The van der Waals surface area contributed by atoms with E-state index in [1.807, 2.05) is 13.8 Å². The molecule has 1 N–H and O–H groups in total. The van der Waals surface area contributed by atoms with Crippen LogP contribution in [0.2, 0.25) is 0 Å². The van der Waals surface area contributed by atoms with E-state index in [0.29, 0.717) is 16.9 Å². The van der Waals surface area contributed by atoms with Crippen molar-refractivity contribution in [2.24, 2.45) is 0 Å². The van der Waals surface area contributed by atoms with Crippen molar-refractivity contribution in [3.8, 4) is 0 Å². The largest absolute Gasteiger partial charge is 0.416 e. The first-order valence-corrected chi connectivity index (χ1v) is 6.79. The van der Waals surface area contributed by atoms with Crippen LogP contribution in [-0.2, 0) is 6.42 Å². The number of aryl methyl sites for hydroxylation is 1. The molecule has 0 atom stereocenters. The van der Waals surface area contributed by atoms with Crippen LogP contribution in [0.3, 0.4) is 0 Å². The number of aromatic nitrogens is 2. The average Bonchev–Trinajstić information content (AvgIpc) is 2.74. The molecule has 0 radical (unpaired) electrons. The summed E-state index contributed by atoms with van der Waals surface area (Å²) < 4.78 is 5.44. The molecule has 1 heterocycles. The molecule has 92 valence electrons. The highest BCUT2D eigenvalue weighted by molar-refractivity contribution is 7.99. The van der Waals surface area contributed by atoms with Gasteiger partial charge >= 0.3 is 0 Å². The standard InChI is InChI=1S/C11H20N2O2S/c1-4-7-9-12-13-10(15-9)16-8-11(14,5-2)6-3/h14H,4-8H2,1-3H3. The lowest BCUT2D eigenvalue weighted by molar-refractivity contribution is 0.0569. The van der Waals surface area contributed by atoms with Gasteiger partial charge in [-0.3, -0.25) is 0 Å². The van der Waals surface area contributed by atoms with E-state index in [2.05, 4.69) is 17.1 Å². The Morgan fingerprint density at radius 1 is 1.25 bits per heavy atom. The second-order valence-electron chi connectivity index (χ2n) is 3.93. The van der Waals surface area contributed by atoms with E-state index in [9.17, 15) is 5.11 Å². The topological polar surface area (TPSA) is 59.2 Å². The van der Waals surface area contributed by atoms with Gasteiger partial charge in [-0.2, -0.15) is 0 Å². The summed E-state index contributed by atoms with van der Waals surface area (Å²) in [6.45, 7) is 6.05. The molecule has 0 spiro atoms. The van der Waals surface area contributed by atoms with Gasteiger partial charge in [-0.25, -0.2) is 0 Å². The zero-order chi connectivity index (χ0) is 12.0. The smallest absolute Gasteiger partial charge is 0.276 e. The molecular formula is C11H20N2O2S. The molecule has 16 heavy (non-hydrogen) atoms. The van der Waals surface area contributed by atoms with Crippen LogP contribution < -0.4 is 0 Å². The van der Waals surface area contributed by atoms with Crippen LogP contribution in [0.25, 0.3) is 0 Å². The fourth-order valence-corrected chi connectivity index (χ4v) is 2.32. The molecule has 0 fully saturated rings. The Hall–Kier alpha value is -0.550. The van der Waals surface area contributed by atoms with E-state index in [1.54, 1.807) is 0 Å². The van der Waals surface area contributed by atoms with Gasteiger partial charge in [0.2, 0.25) is 5.89 Å². The van der Waals surface area contributed by atoms with Crippen LogP contribution in [0.5, 0.6) is 0 Å². The minimum atomic E-state index is -0.621. The fourth-order valence-electron chi connectivity index (χ4n) is 1.26. The molecule has 0 saturated heterocycles. The molecule has 4 nitrogen and oxygen atoms in total. The SMILES string of the molecule is CCCc1nnc(SCC(O)(CC)CC)o1. The summed E-state index contributed by atoms with van der Waals surface area (Å²) in [5, 5.41) is 18.5. The first kappa shape index (κ1) is 13.5. The van der Waals surface area contributed by atoms with E-state index >= 15 is 0 Å². The van der Waals surface area contributed by atoms with Gasteiger partial charge in [0.25, 0.3) is 5.22 Å². The fraction of sp³-hybridized carbons (Fsp3) is 0.818. The Morgan fingerprint density at radius 2 is 1.94 bits per heavy atom. The van der Waals surface area contributed by atoms with E-state index in [1.165, 1.54) is 11.8 Å². The predicted molar refractivity (Wildman–Crippen MR) is 64.5 cm³/mol. The number of hydrogen-bond acceptors (Lipinski definition) is 5. The number of hydrogen-bond donors (Lipinski definition) is 1. The van der Waals surface area contributed by atoms with Crippen LogP contribution in [0, 0.1) is 0 Å². The summed E-state index contributed by atoms with van der Waals surface area (Å²) in [7, 11) is 0. The van der Waals surface area contributed by atoms with E-state index in [-0.39, 0.29) is 0 Å². The first-order chi connectivity index (χ1) is 7.63. The van der Waals surface area contributed by atoms with Gasteiger partial charge in [-0.05, 0) is 19.3 Å². The molecule has 0 aliphatic rings. The lowest BCUT2D eigenvalue weighted by Crippen LogP contribution is -2.29. The van der Waals surface area contributed by atoms with Crippen molar-refractivity contribution in [3.63, 3.8) is 0 Å². The number of aliphatic hydroxyl groups is 1. The zero-order valence-electron chi connectivity index (χ0n) is 10.2. The summed E-state index contributed by atoms with van der Waals surface area (Å²) in [4.78, 5) is 0. The van der Waals surface area contributed by atoms with Gasteiger partial charge < -0.3 is 9.52 Å². The Balaban J connectivity index is 2.47. The average molecular weight is 244 g/mol. The minimum Gasteiger partial charge on any atom is -0.416 e. The van der Waals surface area contributed by atoms with Crippen LogP contribution in [0.4, 0.5) is 0 Å². The minimum absolute atomic E-state index is 0.559. The van der Waals surface area contributed by atoms with Gasteiger partial charge in [0.15, 0.2) is 0 Å². The maximum Gasteiger partial charge on any atom is 0.276 e. The first-order valence-electron chi connectivity index (χ1n) is 5.81. The van der Waals surface area contributed by atoms with Crippen LogP contribution in [0.15, 0.2) is 9.64 Å². The molecule has 0 saturated carbocycles. The molecule has 0 unspecified atom stereocenters. The Bertz CT molecular complexity index is 311. The molecule has 1 rings (SSSR count). The van der Waals surface area contributed by atoms with Crippen molar-refractivity contribution in [2.45, 2.75) is 57.3 Å². The normalized spacial score (nSPS) is 12.0. The summed E-state index contributed by atoms with van der Waals surface area (Å²) in [6, 6.07) is 0. The summed E-state index contributed by atoms with van der Waals surface area (Å²) in [6.07, 6.45) is 3.30. The number of rotatable bonds is 7. The van der Waals surface area contributed by atoms with Crippen molar-refractivity contribution in [1.82, 2.24) is 10.2 Å².